The van der Waals surface area contributed by atoms with E-state index in [0.717, 1.165) is 12.1 Å². The Bertz CT molecular complexity index is 797. The van der Waals surface area contributed by atoms with E-state index in [1.54, 1.807) is 6.92 Å². The Balaban J connectivity index is 2.14. The van der Waals surface area contributed by atoms with Crippen molar-refractivity contribution in [2.75, 3.05) is 19.8 Å². The van der Waals surface area contributed by atoms with Crippen LogP contribution in [0.15, 0.2) is 12.1 Å². The molecule has 0 aromatic heterocycles. The van der Waals surface area contributed by atoms with E-state index < -0.39 is 43.5 Å². The number of rotatable bonds is 6. The van der Waals surface area contributed by atoms with Gasteiger partial charge in [0.05, 0.1) is 15.8 Å². The van der Waals surface area contributed by atoms with Gasteiger partial charge in [-0.05, 0) is 31.9 Å². The van der Waals surface area contributed by atoms with Gasteiger partial charge in [0, 0.05) is 25.3 Å². The summed E-state index contributed by atoms with van der Waals surface area (Å²) in [7, 11) is -3.84. The molecule has 1 heterocycles. The molecule has 0 radical (unpaired) electrons. The molecule has 2 rings (SSSR count). The Labute approximate surface area is 155 Å². The lowest BCUT2D eigenvalue weighted by atomic mass is 10.1. The Morgan fingerprint density at radius 3 is 2.54 bits per heavy atom. The second kappa shape index (κ2) is 8.76. The average Bonchev–Trinajstić information content (AvgIpc) is 2.63. The minimum Gasteiger partial charge on any atom is -0.381 e. The van der Waals surface area contributed by atoms with Crippen LogP contribution in [0.3, 0.4) is 0 Å². The summed E-state index contributed by atoms with van der Waals surface area (Å²) < 4.78 is 43.6. The van der Waals surface area contributed by atoms with Crippen LogP contribution in [-0.2, 0) is 14.8 Å². The van der Waals surface area contributed by atoms with Crippen molar-refractivity contribution in [3.63, 3.8) is 0 Å². The summed E-state index contributed by atoms with van der Waals surface area (Å²) in [6.45, 7) is 2.64. The second-order valence-electron chi connectivity index (χ2n) is 5.59. The number of hydrogen-bond donors (Lipinski definition) is 3. The molecule has 3 N–H and O–H groups in total. The van der Waals surface area contributed by atoms with Gasteiger partial charge in [-0.2, -0.15) is 0 Å². The molecule has 2 amide bonds. The Morgan fingerprint density at radius 1 is 1.27 bits per heavy atom. The van der Waals surface area contributed by atoms with Crippen LogP contribution in [0.1, 0.15) is 40.5 Å². The van der Waals surface area contributed by atoms with Crippen molar-refractivity contribution in [1.82, 2.24) is 15.6 Å². The van der Waals surface area contributed by atoms with Gasteiger partial charge in [-0.1, -0.05) is 11.6 Å². The minimum absolute atomic E-state index is 0.0179. The zero-order valence-corrected chi connectivity index (χ0v) is 15.5. The number of amides is 2. The zero-order chi connectivity index (χ0) is 19.3. The van der Waals surface area contributed by atoms with Crippen molar-refractivity contribution in [1.29, 1.82) is 0 Å². The van der Waals surface area contributed by atoms with Crippen molar-refractivity contribution < 1.29 is 27.1 Å². The number of ether oxygens (including phenoxy) is 1. The summed E-state index contributed by atoms with van der Waals surface area (Å²) in [5, 5.41) is 1.36. The number of nitrogens with one attached hydrogen (secondary N) is 3. The predicted molar refractivity (Wildman–Crippen MR) is 92.8 cm³/mol. The summed E-state index contributed by atoms with van der Waals surface area (Å²) in [6.07, 6.45) is 0.579. The van der Waals surface area contributed by atoms with E-state index in [1.807, 2.05) is 10.3 Å². The summed E-state index contributed by atoms with van der Waals surface area (Å²) in [5.41, 5.74) is 1.39. The maximum atomic E-state index is 14.1. The molecule has 1 aliphatic rings. The summed E-state index contributed by atoms with van der Waals surface area (Å²) >= 11 is 5.73. The first-order chi connectivity index (χ1) is 12.3. The van der Waals surface area contributed by atoms with Crippen LogP contribution in [0.4, 0.5) is 4.39 Å². The maximum absolute atomic E-state index is 14.1. The molecule has 0 saturated carbocycles. The number of halogens is 2. The average molecular weight is 408 g/mol. The molecular formula is C15H19ClFN3O5S. The predicted octanol–water partition coefficient (Wildman–Crippen LogP) is 0.972. The Morgan fingerprint density at radius 2 is 1.92 bits per heavy atom. The highest BCUT2D eigenvalue weighted by Crippen LogP contribution is 2.21. The minimum atomic E-state index is -3.84. The van der Waals surface area contributed by atoms with Crippen LogP contribution < -0.4 is 15.6 Å². The molecule has 1 aliphatic heterocycles. The summed E-state index contributed by atoms with van der Waals surface area (Å²) in [4.78, 5) is 26.0. The second-order valence-corrected chi connectivity index (χ2v) is 7.96. The molecule has 11 heteroatoms. The maximum Gasteiger partial charge on any atom is 0.269 e. The Kier molecular flexibility index (Phi) is 6.93. The molecule has 1 saturated heterocycles. The van der Waals surface area contributed by atoms with Crippen molar-refractivity contribution in [2.45, 2.75) is 25.0 Å². The van der Waals surface area contributed by atoms with Gasteiger partial charge >= 0.3 is 0 Å². The van der Waals surface area contributed by atoms with E-state index >= 15 is 0 Å². The van der Waals surface area contributed by atoms with Gasteiger partial charge in [0.2, 0.25) is 10.0 Å². The number of carbonyl (C=O) groups is 2. The molecule has 0 aliphatic carbocycles. The molecule has 1 fully saturated rings. The lowest BCUT2D eigenvalue weighted by molar-refractivity contribution is 0.0934. The smallest absolute Gasteiger partial charge is 0.269 e. The molecule has 8 nitrogen and oxygen atoms in total. The van der Waals surface area contributed by atoms with E-state index in [0.29, 0.717) is 19.8 Å². The third-order valence-electron chi connectivity index (χ3n) is 3.79. The summed E-state index contributed by atoms with van der Waals surface area (Å²) in [5.74, 6) is -2.65. The monoisotopic (exact) mass is 407 g/mol. The lowest BCUT2D eigenvalue weighted by Crippen LogP contribution is -2.47. The Hall–Kier alpha value is -1.75. The van der Waals surface area contributed by atoms with E-state index in [-0.39, 0.29) is 18.4 Å². The molecule has 1 aromatic rings. The molecule has 26 heavy (non-hydrogen) atoms. The number of carbonyl (C=O) groups excluding carboxylic acids is 2. The number of sulfonamides is 1. The van der Waals surface area contributed by atoms with Crippen molar-refractivity contribution in [2.24, 2.45) is 0 Å². The number of hydrogen-bond acceptors (Lipinski definition) is 5. The van der Waals surface area contributed by atoms with Gasteiger partial charge in [0.1, 0.15) is 0 Å². The van der Waals surface area contributed by atoms with Crippen LogP contribution in [0.25, 0.3) is 0 Å². The lowest BCUT2D eigenvalue weighted by Gasteiger charge is -2.22. The van der Waals surface area contributed by atoms with Crippen molar-refractivity contribution in [3.05, 3.63) is 34.1 Å². The van der Waals surface area contributed by atoms with Crippen LogP contribution >= 0.6 is 11.6 Å². The molecule has 0 bridgehead atoms. The molecule has 144 valence electrons. The van der Waals surface area contributed by atoms with Gasteiger partial charge in [-0.25, -0.2) is 12.8 Å². The molecule has 0 atom stereocenters. The van der Waals surface area contributed by atoms with E-state index in [1.165, 1.54) is 0 Å². The quantitative estimate of drug-likeness (QED) is 0.608. The fourth-order valence-electron chi connectivity index (χ4n) is 2.40. The zero-order valence-electron chi connectivity index (χ0n) is 14.0. The van der Waals surface area contributed by atoms with Gasteiger partial charge in [-0.15, -0.1) is 4.83 Å². The molecule has 1 aromatic carbocycles. The first-order valence-corrected chi connectivity index (χ1v) is 9.84. The van der Waals surface area contributed by atoms with E-state index in [4.69, 9.17) is 16.3 Å². The highest BCUT2D eigenvalue weighted by atomic mass is 35.5. The van der Waals surface area contributed by atoms with Crippen LogP contribution in [0, 0.1) is 5.82 Å². The van der Waals surface area contributed by atoms with Gasteiger partial charge in [0.25, 0.3) is 11.8 Å². The van der Waals surface area contributed by atoms with Crippen molar-refractivity contribution in [3.8, 4) is 0 Å². The van der Waals surface area contributed by atoms with E-state index in [2.05, 4.69) is 5.32 Å². The van der Waals surface area contributed by atoms with Gasteiger partial charge in [-0.3, -0.25) is 15.0 Å². The van der Waals surface area contributed by atoms with Crippen LogP contribution in [-0.4, -0.2) is 45.2 Å². The van der Waals surface area contributed by atoms with E-state index in [9.17, 15) is 22.4 Å². The molecular weight excluding hydrogens is 389 g/mol. The molecule has 0 unspecified atom stereocenters. The third-order valence-corrected chi connectivity index (χ3v) is 5.80. The van der Waals surface area contributed by atoms with Crippen LogP contribution in [0.5, 0.6) is 0 Å². The normalized spacial score (nSPS) is 15.5. The number of hydrazine groups is 1. The largest absolute Gasteiger partial charge is 0.381 e. The number of benzene rings is 1. The highest BCUT2D eigenvalue weighted by Gasteiger charge is 2.28. The summed E-state index contributed by atoms with van der Waals surface area (Å²) in [6, 6.07) is 2.09. The fourth-order valence-corrected chi connectivity index (χ4v) is 3.84. The third kappa shape index (κ3) is 4.91. The topological polar surface area (TPSA) is 114 Å². The fraction of sp³-hybridized carbons (Fsp3) is 0.467. The highest BCUT2D eigenvalue weighted by molar-refractivity contribution is 7.90. The SMILES string of the molecule is CCNC(=O)c1cc(Cl)c(F)c(C(=O)NNS(=O)(=O)C2CCOCC2)c1. The van der Waals surface area contributed by atoms with Crippen LogP contribution in [0.2, 0.25) is 5.02 Å². The molecule has 0 spiro atoms. The van der Waals surface area contributed by atoms with Gasteiger partial charge < -0.3 is 10.1 Å². The standard InChI is InChI=1S/C15H19ClFN3O5S/c1-2-18-14(21)9-7-11(13(17)12(16)8-9)15(22)19-20-26(23,24)10-3-5-25-6-4-10/h7-8,10,20H,2-6H2,1H3,(H,18,21)(H,19,22). The van der Waals surface area contributed by atoms with Gasteiger partial charge in [0.15, 0.2) is 5.82 Å². The first kappa shape index (κ1) is 20.6. The first-order valence-electron chi connectivity index (χ1n) is 7.92. The van der Waals surface area contributed by atoms with Crippen molar-refractivity contribution >= 4 is 33.4 Å².